The highest BCUT2D eigenvalue weighted by molar-refractivity contribution is 7.89. The van der Waals surface area contributed by atoms with Gasteiger partial charge in [-0.1, -0.05) is 18.2 Å². The number of para-hydroxylation sites is 1. The van der Waals surface area contributed by atoms with Crippen LogP contribution in [0.15, 0.2) is 59.5 Å². The summed E-state index contributed by atoms with van der Waals surface area (Å²) in [4.78, 5) is 12.5. The van der Waals surface area contributed by atoms with Crippen LogP contribution < -0.4 is 10.1 Å². The zero-order valence-corrected chi connectivity index (χ0v) is 15.4. The molecule has 1 heterocycles. The maximum absolute atomic E-state index is 12.5. The first-order valence-electron chi connectivity index (χ1n) is 8.59. The highest BCUT2D eigenvalue weighted by atomic mass is 32.2. The van der Waals surface area contributed by atoms with E-state index in [1.165, 1.54) is 16.4 Å². The topological polar surface area (TPSA) is 75.7 Å². The van der Waals surface area contributed by atoms with Gasteiger partial charge in [0.1, 0.15) is 5.75 Å². The largest absolute Gasteiger partial charge is 0.481 e. The Morgan fingerprint density at radius 2 is 1.65 bits per heavy atom. The first-order valence-corrected chi connectivity index (χ1v) is 10.0. The molecule has 1 aliphatic heterocycles. The van der Waals surface area contributed by atoms with Gasteiger partial charge in [0, 0.05) is 18.8 Å². The zero-order valence-electron chi connectivity index (χ0n) is 14.6. The van der Waals surface area contributed by atoms with E-state index in [0.29, 0.717) is 24.5 Å². The SMILES string of the molecule is C[C@H](Oc1ccccc1)C(=O)Nc1ccc(S(=O)(=O)N2CCCC2)cc1. The number of hydrogen-bond donors (Lipinski definition) is 1. The summed E-state index contributed by atoms with van der Waals surface area (Å²) in [5.74, 6) is 0.311. The standard InChI is InChI=1S/C19H22N2O4S/c1-15(25-17-7-3-2-4-8-17)19(22)20-16-9-11-18(12-10-16)26(23,24)21-13-5-6-14-21/h2-4,7-12,15H,5-6,13-14H2,1H3,(H,20,22)/t15-/m0/s1. The first-order chi connectivity index (χ1) is 12.5. The number of sulfonamides is 1. The number of ether oxygens (including phenoxy) is 1. The van der Waals surface area contributed by atoms with Gasteiger partial charge in [0.2, 0.25) is 10.0 Å². The van der Waals surface area contributed by atoms with Crippen LogP contribution in [0.1, 0.15) is 19.8 Å². The lowest BCUT2D eigenvalue weighted by Crippen LogP contribution is -2.30. The van der Waals surface area contributed by atoms with Crippen molar-refractivity contribution >= 4 is 21.6 Å². The Bertz CT molecular complexity index is 845. The quantitative estimate of drug-likeness (QED) is 0.844. The van der Waals surface area contributed by atoms with Crippen LogP contribution >= 0.6 is 0 Å². The minimum absolute atomic E-state index is 0.242. The van der Waals surface area contributed by atoms with Crippen molar-refractivity contribution in [2.75, 3.05) is 18.4 Å². The maximum Gasteiger partial charge on any atom is 0.265 e. The normalized spacial score (nSPS) is 16.2. The molecular weight excluding hydrogens is 352 g/mol. The second-order valence-corrected chi connectivity index (χ2v) is 8.14. The third-order valence-corrected chi connectivity index (χ3v) is 6.16. The fourth-order valence-corrected chi connectivity index (χ4v) is 4.31. The molecule has 26 heavy (non-hydrogen) atoms. The number of carbonyl (C=O) groups excluding carboxylic acids is 1. The molecule has 1 fully saturated rings. The van der Waals surface area contributed by atoms with Crippen molar-refractivity contribution in [1.29, 1.82) is 0 Å². The number of anilines is 1. The fraction of sp³-hybridized carbons (Fsp3) is 0.316. The van der Waals surface area contributed by atoms with Crippen LogP contribution in [0.3, 0.4) is 0 Å². The fourth-order valence-electron chi connectivity index (χ4n) is 2.79. The van der Waals surface area contributed by atoms with Crippen LogP contribution in [0.5, 0.6) is 5.75 Å². The summed E-state index contributed by atoms with van der Waals surface area (Å²) in [6.07, 6.45) is 1.12. The molecule has 0 aromatic heterocycles. The second kappa shape index (κ2) is 7.88. The monoisotopic (exact) mass is 374 g/mol. The van der Waals surface area contributed by atoms with E-state index >= 15 is 0 Å². The summed E-state index contributed by atoms with van der Waals surface area (Å²) in [5, 5.41) is 2.74. The highest BCUT2D eigenvalue weighted by Crippen LogP contribution is 2.22. The van der Waals surface area contributed by atoms with Gasteiger partial charge < -0.3 is 10.1 Å². The molecule has 0 radical (unpaired) electrons. The lowest BCUT2D eigenvalue weighted by Gasteiger charge is -2.16. The van der Waals surface area contributed by atoms with E-state index in [1.807, 2.05) is 18.2 Å². The minimum atomic E-state index is -3.45. The minimum Gasteiger partial charge on any atom is -0.481 e. The summed E-state index contributed by atoms with van der Waals surface area (Å²) in [7, 11) is -3.45. The molecule has 0 aliphatic carbocycles. The van der Waals surface area contributed by atoms with Gasteiger partial charge in [-0.25, -0.2) is 8.42 Å². The summed E-state index contributed by atoms with van der Waals surface area (Å²) in [6.45, 7) is 2.79. The first kappa shape index (κ1) is 18.4. The van der Waals surface area contributed by atoms with Gasteiger partial charge in [0.05, 0.1) is 4.90 Å². The number of hydrogen-bond acceptors (Lipinski definition) is 4. The Morgan fingerprint density at radius 1 is 1.04 bits per heavy atom. The Kier molecular flexibility index (Phi) is 5.58. The van der Waals surface area contributed by atoms with Gasteiger partial charge in [-0.15, -0.1) is 0 Å². The van der Waals surface area contributed by atoms with Crippen molar-refractivity contribution in [3.63, 3.8) is 0 Å². The average molecular weight is 374 g/mol. The van der Waals surface area contributed by atoms with Crippen molar-refractivity contribution in [1.82, 2.24) is 4.31 Å². The predicted molar refractivity (Wildman–Crippen MR) is 99.6 cm³/mol. The summed E-state index contributed by atoms with van der Waals surface area (Å²) in [6, 6.07) is 15.3. The Labute approximate surface area is 153 Å². The van der Waals surface area contributed by atoms with Gasteiger partial charge in [-0.2, -0.15) is 4.31 Å². The van der Waals surface area contributed by atoms with Gasteiger partial charge in [0.25, 0.3) is 5.91 Å². The lowest BCUT2D eigenvalue weighted by atomic mass is 10.3. The van der Waals surface area contributed by atoms with E-state index in [2.05, 4.69) is 5.32 Å². The van der Waals surface area contributed by atoms with E-state index in [1.54, 1.807) is 31.2 Å². The van der Waals surface area contributed by atoms with Gasteiger partial charge in [-0.3, -0.25) is 4.79 Å². The van der Waals surface area contributed by atoms with Crippen molar-refractivity contribution in [2.45, 2.75) is 30.8 Å². The van der Waals surface area contributed by atoms with Crippen molar-refractivity contribution in [3.8, 4) is 5.75 Å². The van der Waals surface area contributed by atoms with Crippen LogP contribution in [-0.4, -0.2) is 37.8 Å². The molecule has 1 aliphatic rings. The molecule has 0 spiro atoms. The van der Waals surface area contributed by atoms with Crippen LogP contribution in [0.25, 0.3) is 0 Å². The van der Waals surface area contributed by atoms with Crippen LogP contribution in [0.2, 0.25) is 0 Å². The molecule has 1 N–H and O–H groups in total. The number of benzene rings is 2. The number of nitrogens with one attached hydrogen (secondary N) is 1. The second-order valence-electron chi connectivity index (χ2n) is 6.20. The molecule has 1 amide bonds. The third-order valence-electron chi connectivity index (χ3n) is 4.25. The molecule has 0 bridgehead atoms. The highest BCUT2D eigenvalue weighted by Gasteiger charge is 2.27. The molecule has 1 atom stereocenters. The lowest BCUT2D eigenvalue weighted by molar-refractivity contribution is -0.122. The molecule has 0 unspecified atom stereocenters. The molecule has 7 heteroatoms. The number of amides is 1. The van der Waals surface area contributed by atoms with Crippen LogP contribution in [-0.2, 0) is 14.8 Å². The van der Waals surface area contributed by atoms with Gasteiger partial charge in [-0.05, 0) is 56.2 Å². The van der Waals surface area contributed by atoms with E-state index < -0.39 is 16.1 Å². The summed E-state index contributed by atoms with van der Waals surface area (Å²) in [5.41, 5.74) is 0.527. The zero-order chi connectivity index (χ0) is 18.6. The number of nitrogens with zero attached hydrogens (tertiary/aromatic N) is 1. The average Bonchev–Trinajstić information content (AvgIpc) is 3.18. The number of carbonyl (C=O) groups is 1. The Morgan fingerprint density at radius 3 is 2.27 bits per heavy atom. The van der Waals surface area contributed by atoms with Gasteiger partial charge in [0.15, 0.2) is 6.10 Å². The molecule has 138 valence electrons. The van der Waals surface area contributed by atoms with Crippen molar-refractivity contribution < 1.29 is 17.9 Å². The summed E-state index contributed by atoms with van der Waals surface area (Å²) >= 11 is 0. The predicted octanol–water partition coefficient (Wildman–Crippen LogP) is 2.88. The maximum atomic E-state index is 12.5. The third kappa shape index (κ3) is 4.23. The molecular formula is C19H22N2O4S. The van der Waals surface area contributed by atoms with Crippen LogP contribution in [0.4, 0.5) is 5.69 Å². The molecule has 2 aromatic carbocycles. The van der Waals surface area contributed by atoms with Crippen molar-refractivity contribution in [3.05, 3.63) is 54.6 Å². The smallest absolute Gasteiger partial charge is 0.265 e. The molecule has 2 aromatic rings. The van der Waals surface area contributed by atoms with E-state index in [4.69, 9.17) is 4.74 Å². The van der Waals surface area contributed by atoms with Gasteiger partial charge >= 0.3 is 0 Å². The molecule has 3 rings (SSSR count). The Hall–Kier alpha value is -2.38. The molecule has 0 saturated carbocycles. The Balaban J connectivity index is 1.62. The van der Waals surface area contributed by atoms with E-state index in [-0.39, 0.29) is 10.8 Å². The van der Waals surface area contributed by atoms with Crippen LogP contribution in [0, 0.1) is 0 Å². The molecule has 1 saturated heterocycles. The summed E-state index contributed by atoms with van der Waals surface area (Å²) < 4.78 is 32.1. The number of rotatable bonds is 6. The van der Waals surface area contributed by atoms with E-state index in [0.717, 1.165) is 12.8 Å². The molecule has 6 nitrogen and oxygen atoms in total. The van der Waals surface area contributed by atoms with Crippen molar-refractivity contribution in [2.24, 2.45) is 0 Å². The van der Waals surface area contributed by atoms with E-state index in [9.17, 15) is 13.2 Å².